The van der Waals surface area contributed by atoms with E-state index in [-0.39, 0.29) is 6.03 Å². The van der Waals surface area contributed by atoms with Crippen LogP contribution in [0.25, 0.3) is 11.1 Å². The Morgan fingerprint density at radius 3 is 2.43 bits per heavy atom. The Bertz CT molecular complexity index is 1140. The van der Waals surface area contributed by atoms with Gasteiger partial charge in [-0.3, -0.25) is 0 Å². The highest BCUT2D eigenvalue weighted by Crippen LogP contribution is 2.38. The quantitative estimate of drug-likeness (QED) is 0.465. The number of amidine groups is 1. The molecule has 2 aromatic rings. The largest absolute Gasteiger partial charge is 0.497 e. The highest BCUT2D eigenvalue weighted by Gasteiger charge is 2.25. The van der Waals surface area contributed by atoms with E-state index >= 15 is 0 Å². The Balaban J connectivity index is 1.57. The third-order valence-corrected chi connectivity index (χ3v) is 6.72. The summed E-state index contributed by atoms with van der Waals surface area (Å²) in [5.41, 5.74) is 2.41. The van der Waals surface area contributed by atoms with Crippen LogP contribution in [0.3, 0.4) is 0 Å². The summed E-state index contributed by atoms with van der Waals surface area (Å²) in [5.74, 6) is 1.39. The molecule has 0 aromatic heterocycles. The van der Waals surface area contributed by atoms with Crippen LogP contribution in [0, 0.1) is 11.3 Å². The molecule has 0 spiro atoms. The number of halogens is 1. The number of nitriles is 1. The molecule has 0 N–H and O–H groups in total. The fourth-order valence-corrected chi connectivity index (χ4v) is 4.69. The van der Waals surface area contributed by atoms with E-state index in [9.17, 15) is 10.1 Å². The average Bonchev–Trinajstić information content (AvgIpc) is 3.15. The summed E-state index contributed by atoms with van der Waals surface area (Å²) in [6, 6.07) is 13.4. The van der Waals surface area contributed by atoms with Gasteiger partial charge in [-0.1, -0.05) is 29.8 Å². The minimum absolute atomic E-state index is 0.0775. The van der Waals surface area contributed by atoms with Gasteiger partial charge in [-0.15, -0.1) is 0 Å². The molecule has 2 aliphatic heterocycles. The number of amides is 2. The molecule has 0 unspecified atom stereocenters. The van der Waals surface area contributed by atoms with Gasteiger partial charge in [-0.25, -0.2) is 9.79 Å². The fourth-order valence-electron chi connectivity index (χ4n) is 4.45. The van der Waals surface area contributed by atoms with Crippen molar-refractivity contribution in [2.45, 2.75) is 13.3 Å². The van der Waals surface area contributed by atoms with Crippen molar-refractivity contribution in [2.24, 2.45) is 4.99 Å². The molecule has 2 fully saturated rings. The molecule has 0 saturated carbocycles. The number of nitrogens with zero attached hydrogens (tertiary/aromatic N) is 5. The van der Waals surface area contributed by atoms with Crippen molar-refractivity contribution in [3.63, 3.8) is 0 Å². The van der Waals surface area contributed by atoms with Crippen LogP contribution in [0.2, 0.25) is 5.02 Å². The van der Waals surface area contributed by atoms with E-state index in [1.807, 2.05) is 41.0 Å². The number of methoxy groups -OCH3 is 1. The summed E-state index contributed by atoms with van der Waals surface area (Å²) in [5, 5.41) is 10.6. The van der Waals surface area contributed by atoms with Crippen LogP contribution in [0.5, 0.6) is 5.75 Å². The van der Waals surface area contributed by atoms with Crippen LogP contribution in [0.15, 0.2) is 41.4 Å². The molecule has 2 amide bonds. The maximum absolute atomic E-state index is 12.9. The Morgan fingerprint density at radius 1 is 1.03 bits per heavy atom. The van der Waals surface area contributed by atoms with E-state index in [1.54, 1.807) is 19.2 Å². The predicted molar refractivity (Wildman–Crippen MR) is 136 cm³/mol. The first kappa shape index (κ1) is 24.8. The van der Waals surface area contributed by atoms with Gasteiger partial charge in [0.15, 0.2) is 0 Å². The Kier molecular flexibility index (Phi) is 8.11. The van der Waals surface area contributed by atoms with Gasteiger partial charge in [0.05, 0.1) is 31.6 Å². The van der Waals surface area contributed by atoms with E-state index in [1.165, 1.54) is 0 Å². The molecule has 4 rings (SSSR count). The topological polar surface area (TPSA) is 81.4 Å². The van der Waals surface area contributed by atoms with Crippen molar-refractivity contribution < 1.29 is 14.3 Å². The van der Waals surface area contributed by atoms with E-state index < -0.39 is 0 Å². The standard InChI is InChI=1S/C26H30ClN5O3/c1-19(30-8-5-9-31(11-10-30)26(33)32-12-14-35-15-13-32)29-25-17-20(34-2)16-22(23(25)18-28)21-6-3-4-7-24(21)27/h3-4,6-7,16-17H,5,8-15H2,1-2H3. The summed E-state index contributed by atoms with van der Waals surface area (Å²) in [4.78, 5) is 23.7. The number of benzene rings is 2. The van der Waals surface area contributed by atoms with Crippen LogP contribution in [-0.4, -0.2) is 86.2 Å². The number of morpholine rings is 1. The number of carbonyl (C=O) groups is 1. The summed E-state index contributed by atoms with van der Waals surface area (Å²) < 4.78 is 10.9. The number of rotatable bonds is 3. The van der Waals surface area contributed by atoms with Gasteiger partial charge in [0.1, 0.15) is 17.7 Å². The molecule has 2 saturated heterocycles. The molecule has 0 bridgehead atoms. The van der Waals surface area contributed by atoms with Gasteiger partial charge in [0.25, 0.3) is 0 Å². The lowest BCUT2D eigenvalue weighted by molar-refractivity contribution is 0.0437. The molecular formula is C26H30ClN5O3. The average molecular weight is 496 g/mol. The van der Waals surface area contributed by atoms with Crippen LogP contribution in [-0.2, 0) is 4.74 Å². The summed E-state index contributed by atoms with van der Waals surface area (Å²) in [7, 11) is 1.59. The minimum Gasteiger partial charge on any atom is -0.497 e. The van der Waals surface area contributed by atoms with Gasteiger partial charge in [-0.05, 0) is 25.5 Å². The molecule has 8 nitrogen and oxygen atoms in total. The monoisotopic (exact) mass is 495 g/mol. The third-order valence-electron chi connectivity index (χ3n) is 6.39. The normalized spacial score (nSPS) is 17.1. The van der Waals surface area contributed by atoms with Crippen molar-refractivity contribution in [1.82, 2.24) is 14.7 Å². The number of hydrogen-bond acceptors (Lipinski definition) is 5. The molecule has 184 valence electrons. The zero-order valence-corrected chi connectivity index (χ0v) is 20.9. The number of ether oxygens (including phenoxy) is 2. The highest BCUT2D eigenvalue weighted by atomic mass is 35.5. The second-order valence-electron chi connectivity index (χ2n) is 8.53. The summed E-state index contributed by atoms with van der Waals surface area (Å²) in [6.07, 6.45) is 0.844. The van der Waals surface area contributed by atoms with Crippen LogP contribution < -0.4 is 4.74 Å². The fraction of sp³-hybridized carbons (Fsp3) is 0.423. The number of hydrogen-bond donors (Lipinski definition) is 0. The lowest BCUT2D eigenvalue weighted by atomic mass is 9.98. The van der Waals surface area contributed by atoms with Gasteiger partial charge < -0.3 is 24.2 Å². The number of carbonyl (C=O) groups excluding carboxylic acids is 1. The molecule has 9 heteroatoms. The first-order valence-electron chi connectivity index (χ1n) is 11.8. The summed E-state index contributed by atoms with van der Waals surface area (Å²) in [6.45, 7) is 7.19. The van der Waals surface area contributed by atoms with Crippen molar-refractivity contribution in [3.05, 3.63) is 47.0 Å². The predicted octanol–water partition coefficient (Wildman–Crippen LogP) is 4.40. The van der Waals surface area contributed by atoms with Crippen LogP contribution in [0.4, 0.5) is 10.5 Å². The minimum atomic E-state index is 0.0775. The van der Waals surface area contributed by atoms with Crippen molar-refractivity contribution in [3.8, 4) is 22.9 Å². The molecule has 0 aliphatic carbocycles. The third kappa shape index (κ3) is 5.69. The Labute approximate surface area is 211 Å². The second-order valence-corrected chi connectivity index (χ2v) is 8.94. The molecule has 0 atom stereocenters. The first-order chi connectivity index (χ1) is 17.0. The SMILES string of the molecule is COc1cc(N=C(C)N2CCCN(C(=O)N3CCOCC3)CC2)c(C#N)c(-c2ccccc2Cl)c1. The van der Waals surface area contributed by atoms with Gasteiger partial charge >= 0.3 is 6.03 Å². The van der Waals surface area contributed by atoms with Gasteiger partial charge in [-0.2, -0.15) is 5.26 Å². The van der Waals surface area contributed by atoms with Crippen molar-refractivity contribution in [1.29, 1.82) is 5.26 Å². The smallest absolute Gasteiger partial charge is 0.320 e. The molecule has 35 heavy (non-hydrogen) atoms. The number of urea groups is 1. The second kappa shape index (κ2) is 11.4. The maximum atomic E-state index is 12.9. The maximum Gasteiger partial charge on any atom is 0.320 e. The zero-order chi connectivity index (χ0) is 24.8. The first-order valence-corrected chi connectivity index (χ1v) is 12.2. The molecule has 2 aliphatic rings. The Morgan fingerprint density at radius 2 is 1.71 bits per heavy atom. The molecule has 2 aromatic carbocycles. The van der Waals surface area contributed by atoms with E-state index in [2.05, 4.69) is 11.0 Å². The van der Waals surface area contributed by atoms with Crippen LogP contribution in [0.1, 0.15) is 18.9 Å². The molecular weight excluding hydrogens is 466 g/mol. The van der Waals surface area contributed by atoms with E-state index in [0.717, 1.165) is 24.4 Å². The van der Waals surface area contributed by atoms with Crippen LogP contribution >= 0.6 is 11.6 Å². The Hall–Kier alpha value is -3.28. The van der Waals surface area contributed by atoms with Crippen molar-refractivity contribution >= 4 is 29.2 Å². The van der Waals surface area contributed by atoms with E-state index in [4.69, 9.17) is 26.1 Å². The van der Waals surface area contributed by atoms with Crippen molar-refractivity contribution in [2.75, 3.05) is 59.6 Å². The van der Waals surface area contributed by atoms with Gasteiger partial charge in [0.2, 0.25) is 0 Å². The molecule has 0 radical (unpaired) electrons. The lowest BCUT2D eigenvalue weighted by Crippen LogP contribution is -2.49. The van der Waals surface area contributed by atoms with E-state index in [0.29, 0.717) is 73.5 Å². The summed E-state index contributed by atoms with van der Waals surface area (Å²) >= 11 is 6.44. The number of aliphatic imine (C=N–C) groups is 1. The van der Waals surface area contributed by atoms with Gasteiger partial charge in [0, 0.05) is 61.5 Å². The zero-order valence-electron chi connectivity index (χ0n) is 20.2. The lowest BCUT2D eigenvalue weighted by Gasteiger charge is -2.32. The molecule has 2 heterocycles. The highest BCUT2D eigenvalue weighted by molar-refractivity contribution is 6.33.